The lowest BCUT2D eigenvalue weighted by molar-refractivity contribution is -0.0466. The molecule has 0 aromatic rings. The number of aliphatic hydroxyl groups is 2. The summed E-state index contributed by atoms with van der Waals surface area (Å²) >= 11 is 0. The molecule has 0 spiro atoms. The van der Waals surface area contributed by atoms with E-state index in [1.807, 2.05) is 6.92 Å². The van der Waals surface area contributed by atoms with Gasteiger partial charge in [0.05, 0.1) is 0 Å². The molecule has 0 aliphatic carbocycles. The van der Waals surface area contributed by atoms with E-state index in [1.54, 1.807) is 0 Å². The lowest BCUT2D eigenvalue weighted by Crippen LogP contribution is -2.16. The van der Waals surface area contributed by atoms with E-state index < -0.39 is 6.29 Å². The molecule has 18 heavy (non-hydrogen) atoms. The third-order valence-electron chi connectivity index (χ3n) is 3.22. The van der Waals surface area contributed by atoms with E-state index >= 15 is 0 Å². The summed E-state index contributed by atoms with van der Waals surface area (Å²) in [6.45, 7) is 3.17. The largest absolute Gasteiger partial charge is 0.785 e. The second-order valence-electron chi connectivity index (χ2n) is 4.97. The molecular formula is C14H30NO3-. The lowest BCUT2D eigenvalue weighted by atomic mass is 10.1. The molecule has 0 aromatic carbocycles. The Hall–Kier alpha value is -0.160. The van der Waals surface area contributed by atoms with Gasteiger partial charge in [-0.15, -0.1) is 0 Å². The van der Waals surface area contributed by atoms with Gasteiger partial charge >= 0.3 is 0 Å². The number of rotatable bonds is 13. The van der Waals surface area contributed by atoms with Gasteiger partial charge in [-0.25, -0.2) is 0 Å². The fourth-order valence-electron chi connectivity index (χ4n) is 2.01. The first kappa shape index (κ1) is 17.8. The molecule has 0 aromatic heterocycles. The highest BCUT2D eigenvalue weighted by molar-refractivity contribution is 4.54. The van der Waals surface area contributed by atoms with Crippen LogP contribution in [0.2, 0.25) is 0 Å². The van der Waals surface area contributed by atoms with Gasteiger partial charge in [0.2, 0.25) is 0 Å². The van der Waals surface area contributed by atoms with E-state index in [4.69, 9.17) is 10.2 Å². The second-order valence-corrected chi connectivity index (χ2v) is 4.97. The van der Waals surface area contributed by atoms with Gasteiger partial charge < -0.3 is 20.5 Å². The van der Waals surface area contributed by atoms with Crippen LogP contribution < -0.4 is 0 Å². The molecule has 0 amide bonds. The van der Waals surface area contributed by atoms with Crippen molar-refractivity contribution in [2.24, 2.45) is 0 Å². The number of hydrogen-bond donors (Lipinski definition) is 2. The quantitative estimate of drug-likeness (QED) is 0.303. The summed E-state index contributed by atoms with van der Waals surface area (Å²) in [5.41, 5.74) is 0. The molecule has 0 aliphatic heterocycles. The van der Waals surface area contributed by atoms with E-state index in [1.165, 1.54) is 32.1 Å². The van der Waals surface area contributed by atoms with Crippen LogP contribution in [0.4, 0.5) is 0 Å². The number of unbranched alkanes of at least 4 members (excludes halogenated alkanes) is 8. The first-order valence-electron chi connectivity index (χ1n) is 7.45. The summed E-state index contributed by atoms with van der Waals surface area (Å²) in [5, 5.41) is 29.4. The van der Waals surface area contributed by atoms with Crippen molar-refractivity contribution in [3.05, 3.63) is 5.21 Å². The van der Waals surface area contributed by atoms with Crippen molar-refractivity contribution in [3.63, 3.8) is 0 Å². The smallest absolute Gasteiger partial charge is 0.151 e. The van der Waals surface area contributed by atoms with Crippen LogP contribution in [0.1, 0.15) is 71.1 Å². The van der Waals surface area contributed by atoms with E-state index in [9.17, 15) is 5.21 Å². The van der Waals surface area contributed by atoms with Crippen LogP contribution in [0.3, 0.4) is 0 Å². The summed E-state index contributed by atoms with van der Waals surface area (Å²) in [6.07, 6.45) is 9.74. The Morgan fingerprint density at radius 1 is 0.833 bits per heavy atom. The third kappa shape index (κ3) is 13.9. The van der Waals surface area contributed by atoms with Crippen LogP contribution in [-0.4, -0.2) is 34.7 Å². The van der Waals surface area contributed by atoms with Crippen molar-refractivity contribution in [2.45, 2.75) is 77.4 Å². The number of aliphatic hydroxyl groups excluding tert-OH is 1. The topological polar surface area (TPSA) is 66.8 Å². The first-order valence-corrected chi connectivity index (χ1v) is 7.45. The van der Waals surface area contributed by atoms with Crippen molar-refractivity contribution in [3.8, 4) is 0 Å². The first-order chi connectivity index (χ1) is 8.66. The molecular weight excluding hydrogens is 230 g/mol. The van der Waals surface area contributed by atoms with Crippen LogP contribution in [0.5, 0.6) is 0 Å². The fraction of sp³-hybridized carbons (Fsp3) is 1.00. The molecule has 0 saturated carbocycles. The van der Waals surface area contributed by atoms with E-state index in [-0.39, 0.29) is 0 Å². The summed E-state index contributed by atoms with van der Waals surface area (Å²) in [5.74, 6) is 0. The predicted molar refractivity (Wildman–Crippen MR) is 75.0 cm³/mol. The van der Waals surface area contributed by atoms with Gasteiger partial charge in [0.1, 0.15) is 0 Å². The molecule has 0 radical (unpaired) electrons. The minimum Gasteiger partial charge on any atom is -0.785 e. The number of hydroxylamine groups is 2. The lowest BCUT2D eigenvalue weighted by Gasteiger charge is -2.25. The van der Waals surface area contributed by atoms with Crippen LogP contribution >= 0.6 is 0 Å². The number of hydrogen-bond acceptors (Lipinski definition) is 4. The second kappa shape index (κ2) is 13.3. The van der Waals surface area contributed by atoms with E-state index in [0.29, 0.717) is 19.5 Å². The molecule has 0 atom stereocenters. The maximum absolute atomic E-state index is 11.0. The Morgan fingerprint density at radius 2 is 1.28 bits per heavy atom. The Kier molecular flexibility index (Phi) is 13.2. The normalized spacial score (nSPS) is 11.7. The monoisotopic (exact) mass is 260 g/mol. The predicted octanol–water partition coefficient (Wildman–Crippen LogP) is 3.02. The number of nitrogens with zero attached hydrogens (tertiary/aromatic N) is 1. The summed E-state index contributed by atoms with van der Waals surface area (Å²) in [4.78, 5) is 0. The molecule has 0 heterocycles. The van der Waals surface area contributed by atoms with Crippen LogP contribution in [0.25, 0.3) is 0 Å². The van der Waals surface area contributed by atoms with Crippen LogP contribution in [0, 0.1) is 5.21 Å². The molecule has 2 N–H and O–H groups in total. The summed E-state index contributed by atoms with van der Waals surface area (Å²) in [7, 11) is 0. The third-order valence-corrected chi connectivity index (χ3v) is 3.22. The van der Waals surface area contributed by atoms with Gasteiger partial charge in [-0.1, -0.05) is 51.9 Å². The minimum atomic E-state index is -1.13. The van der Waals surface area contributed by atoms with Crippen molar-refractivity contribution in [1.29, 1.82) is 0 Å². The van der Waals surface area contributed by atoms with Gasteiger partial charge in [-0.3, -0.25) is 0 Å². The summed E-state index contributed by atoms with van der Waals surface area (Å²) < 4.78 is 0. The van der Waals surface area contributed by atoms with Gasteiger partial charge in [0, 0.05) is 0 Å². The average Bonchev–Trinajstić information content (AvgIpc) is 2.35. The summed E-state index contributed by atoms with van der Waals surface area (Å²) in [6, 6.07) is 0. The molecule has 0 bridgehead atoms. The molecule has 0 aliphatic rings. The zero-order valence-electron chi connectivity index (χ0n) is 11.8. The maximum atomic E-state index is 11.0. The van der Waals surface area contributed by atoms with Crippen molar-refractivity contribution >= 4 is 0 Å². The Morgan fingerprint density at radius 3 is 1.72 bits per heavy atom. The highest BCUT2D eigenvalue weighted by Gasteiger charge is 1.97. The highest BCUT2D eigenvalue weighted by Crippen LogP contribution is 2.11. The highest BCUT2D eigenvalue weighted by atomic mass is 16.5. The Balaban J connectivity index is 2.99. The zero-order chi connectivity index (χ0) is 13.6. The van der Waals surface area contributed by atoms with Gasteiger partial charge in [-0.2, -0.15) is 0 Å². The SMILES string of the molecule is CCN([O-])CCCCCCCCCCCC(O)O. The Bertz CT molecular complexity index is 165. The standard InChI is InChI=1S/C14H30NO3/c1-2-15(18)13-11-9-7-5-3-4-6-8-10-12-14(16)17/h14,16-17H,2-13H2,1H3/q-1. The maximum Gasteiger partial charge on any atom is 0.151 e. The molecule has 4 heteroatoms. The molecule has 0 saturated heterocycles. The van der Waals surface area contributed by atoms with Crippen LogP contribution in [-0.2, 0) is 0 Å². The zero-order valence-corrected chi connectivity index (χ0v) is 11.8. The molecule has 110 valence electrons. The van der Waals surface area contributed by atoms with Crippen molar-refractivity contribution in [2.75, 3.05) is 13.1 Å². The fourth-order valence-corrected chi connectivity index (χ4v) is 2.01. The van der Waals surface area contributed by atoms with E-state index in [2.05, 4.69) is 0 Å². The van der Waals surface area contributed by atoms with Gasteiger partial charge in [0.25, 0.3) is 0 Å². The van der Waals surface area contributed by atoms with Crippen LogP contribution in [0.15, 0.2) is 0 Å². The molecule has 0 fully saturated rings. The van der Waals surface area contributed by atoms with E-state index in [0.717, 1.165) is 30.7 Å². The van der Waals surface area contributed by atoms with Crippen molar-refractivity contribution in [1.82, 2.24) is 5.06 Å². The molecule has 4 nitrogen and oxygen atoms in total. The van der Waals surface area contributed by atoms with Crippen molar-refractivity contribution < 1.29 is 10.2 Å². The van der Waals surface area contributed by atoms with Gasteiger partial charge in [-0.05, 0) is 32.4 Å². The Labute approximate surface area is 112 Å². The average molecular weight is 260 g/mol. The molecule has 0 unspecified atom stereocenters. The molecule has 0 rings (SSSR count). The minimum absolute atomic E-state index is 0.503. The van der Waals surface area contributed by atoms with Gasteiger partial charge in [0.15, 0.2) is 6.29 Å².